The molecule has 0 fully saturated rings. The molecule has 0 bridgehead atoms. The molecule has 1 aliphatic rings. The van der Waals surface area contributed by atoms with E-state index in [2.05, 4.69) is 74.4 Å². The van der Waals surface area contributed by atoms with Crippen molar-refractivity contribution >= 4 is 11.9 Å². The number of hydrogen-bond acceptors (Lipinski definition) is 10. The van der Waals surface area contributed by atoms with Crippen molar-refractivity contribution in [3.63, 3.8) is 0 Å². The summed E-state index contributed by atoms with van der Waals surface area (Å²) in [5, 5.41) is 0. The lowest BCUT2D eigenvalue weighted by Gasteiger charge is -2.20. The van der Waals surface area contributed by atoms with E-state index in [1.54, 1.807) is 0 Å². The summed E-state index contributed by atoms with van der Waals surface area (Å²) in [7, 11) is 8.27. The van der Waals surface area contributed by atoms with Crippen LogP contribution >= 0.6 is 0 Å². The largest absolute Gasteiger partial charge is 0.461 e. The third kappa shape index (κ3) is 38.2. The second-order valence-corrected chi connectivity index (χ2v) is 14.7. The molecule has 0 amide bonds. The van der Waals surface area contributed by atoms with Crippen LogP contribution in [0.1, 0.15) is 89.9 Å². The Balaban J connectivity index is 2.57. The number of hydrogen-bond donors (Lipinski definition) is 0. The molecule has 1 rings (SSSR count). The van der Waals surface area contributed by atoms with Gasteiger partial charge in [0.15, 0.2) is 0 Å². The summed E-state index contributed by atoms with van der Waals surface area (Å²) in [4.78, 5) is 28.4. The molecule has 2 unspecified atom stereocenters. The molecule has 1 heterocycles. The first kappa shape index (κ1) is 52.6. The predicted octanol–water partition coefficient (Wildman–Crippen LogP) is 8.92. The van der Waals surface area contributed by atoms with E-state index in [-0.39, 0.29) is 37.4 Å². The molecule has 2 atom stereocenters. The van der Waals surface area contributed by atoms with E-state index in [0.29, 0.717) is 65.3 Å². The molecule has 0 saturated carbocycles. The minimum absolute atomic E-state index is 0.000365. The van der Waals surface area contributed by atoms with Crippen molar-refractivity contribution < 1.29 is 38.0 Å². The minimum Gasteiger partial charge on any atom is -0.461 e. The first-order valence-corrected chi connectivity index (χ1v) is 21.6. The van der Waals surface area contributed by atoms with Gasteiger partial charge >= 0.3 is 11.9 Å². The molecule has 0 N–H and O–H groups in total. The van der Waals surface area contributed by atoms with Crippen molar-refractivity contribution in [1.82, 2.24) is 9.80 Å². The van der Waals surface area contributed by atoms with E-state index in [9.17, 15) is 9.59 Å². The zero-order chi connectivity index (χ0) is 42.0. The van der Waals surface area contributed by atoms with Gasteiger partial charge in [-0.2, -0.15) is 0 Å². The number of cyclic esters (lactones) is 2. The maximum absolute atomic E-state index is 12.1. The van der Waals surface area contributed by atoms with E-state index in [0.717, 1.165) is 77.3 Å². The molecule has 0 aromatic rings. The lowest BCUT2D eigenvalue weighted by Crippen LogP contribution is -2.26. The number of rotatable bonds is 6. The number of carbonyl (C=O) groups is 2. The summed E-state index contributed by atoms with van der Waals surface area (Å²) >= 11 is 0. The van der Waals surface area contributed by atoms with Crippen molar-refractivity contribution in [3.05, 3.63) is 97.2 Å². The van der Waals surface area contributed by atoms with Gasteiger partial charge in [-0.1, -0.05) is 97.2 Å². The zero-order valence-electron chi connectivity index (χ0n) is 36.5. The fourth-order valence-corrected chi connectivity index (χ4v) is 5.32. The molecule has 0 spiro atoms. The number of esters is 2. The van der Waals surface area contributed by atoms with Gasteiger partial charge < -0.3 is 38.2 Å². The Labute approximate surface area is 352 Å². The van der Waals surface area contributed by atoms with Crippen LogP contribution in [0, 0.1) is 0 Å². The first-order chi connectivity index (χ1) is 28.4. The predicted molar refractivity (Wildman–Crippen MR) is 238 cm³/mol. The van der Waals surface area contributed by atoms with Gasteiger partial charge in [-0.05, 0) is 105 Å². The highest BCUT2D eigenvalue weighted by atomic mass is 16.5. The Hall–Kier alpha value is -3.38. The Morgan fingerprint density at radius 1 is 0.466 bits per heavy atom. The highest BCUT2D eigenvalue weighted by Gasteiger charge is 2.11. The molecule has 0 saturated heterocycles. The van der Waals surface area contributed by atoms with Gasteiger partial charge in [-0.15, -0.1) is 0 Å². The smallest absolute Gasteiger partial charge is 0.306 e. The monoisotopic (exact) mass is 811 g/mol. The molecule has 328 valence electrons. The fourth-order valence-electron chi connectivity index (χ4n) is 5.32. The summed E-state index contributed by atoms with van der Waals surface area (Å²) in [5.74, 6) is -0.375. The van der Waals surface area contributed by atoms with Crippen LogP contribution in [-0.4, -0.2) is 128 Å². The van der Waals surface area contributed by atoms with E-state index in [4.69, 9.17) is 28.4 Å². The van der Waals surface area contributed by atoms with Crippen molar-refractivity contribution in [2.75, 3.05) is 94.1 Å². The van der Waals surface area contributed by atoms with Gasteiger partial charge in [0.2, 0.25) is 0 Å². The van der Waals surface area contributed by atoms with Crippen LogP contribution in [-0.2, 0) is 38.0 Å². The summed E-state index contributed by atoms with van der Waals surface area (Å²) in [6.07, 6.45) is 43.9. The molecule has 0 aliphatic carbocycles. The minimum atomic E-state index is -0.188. The average Bonchev–Trinajstić information content (AvgIpc) is 3.20. The lowest BCUT2D eigenvalue weighted by molar-refractivity contribution is -0.143. The number of nitrogens with zero attached hydrogens (tertiary/aromatic N) is 2. The van der Waals surface area contributed by atoms with E-state index >= 15 is 0 Å². The molecular formula is C48H78N2O8. The third-order valence-corrected chi connectivity index (χ3v) is 8.71. The maximum Gasteiger partial charge on any atom is 0.306 e. The van der Waals surface area contributed by atoms with Crippen LogP contribution < -0.4 is 0 Å². The third-order valence-electron chi connectivity index (χ3n) is 8.71. The highest BCUT2D eigenvalue weighted by molar-refractivity contribution is 5.70. The van der Waals surface area contributed by atoms with E-state index < -0.39 is 0 Å². The Morgan fingerprint density at radius 2 is 0.879 bits per heavy atom. The molecule has 0 aromatic carbocycles. The van der Waals surface area contributed by atoms with Crippen molar-refractivity contribution in [3.8, 4) is 0 Å². The van der Waals surface area contributed by atoms with E-state index in [1.165, 1.54) is 0 Å². The van der Waals surface area contributed by atoms with Crippen LogP contribution in [0.15, 0.2) is 97.2 Å². The highest BCUT2D eigenvalue weighted by Crippen LogP contribution is 2.07. The van der Waals surface area contributed by atoms with Crippen LogP contribution in [0.5, 0.6) is 0 Å². The van der Waals surface area contributed by atoms with Gasteiger partial charge in [0, 0.05) is 39.1 Å². The van der Waals surface area contributed by atoms with E-state index in [1.807, 2.05) is 60.8 Å². The second-order valence-electron chi connectivity index (χ2n) is 14.7. The van der Waals surface area contributed by atoms with Crippen molar-refractivity contribution in [1.29, 1.82) is 0 Å². The van der Waals surface area contributed by atoms with Crippen LogP contribution in [0.3, 0.4) is 0 Å². The number of allylic oxidation sites excluding steroid dienone is 12. The summed E-state index contributed by atoms with van der Waals surface area (Å²) in [6, 6.07) is 0. The topological polar surface area (TPSA) is 96.0 Å². The molecular weight excluding hydrogens is 733 g/mol. The van der Waals surface area contributed by atoms with Crippen LogP contribution in [0.4, 0.5) is 0 Å². The Bertz CT molecular complexity index is 1230. The quantitative estimate of drug-likeness (QED) is 0.191. The van der Waals surface area contributed by atoms with Gasteiger partial charge in [0.1, 0.15) is 13.2 Å². The first-order valence-electron chi connectivity index (χ1n) is 21.6. The standard InChI is InChI=1S/C48H78N2O8/c1-49(2)35-33-45-43-53-37-25-17-11-7-5-9-15-23-31-47(51)57-41-29-21-13-18-26-38-54-44-46(34-36-50(3)4)56-40-28-20-14-22-30-42-58-48(52)32-24-16-10-6-8-12-19-27-39-55-45/h7-12,15-16,18,20-22,26,28-30,45-46H,5-6,13-14,17,19,23-25,27,31-44H2,1-4H3/b11-7+,12-8+,15-9+,16-10+,26-18+,28-20+,29-21+,30-22+. The van der Waals surface area contributed by atoms with Gasteiger partial charge in [-0.3, -0.25) is 9.59 Å². The second kappa shape index (κ2) is 40.4. The molecule has 1 aliphatic heterocycles. The molecule has 58 heavy (non-hydrogen) atoms. The normalized spacial score (nSPS) is 26.3. The van der Waals surface area contributed by atoms with Crippen molar-refractivity contribution in [2.45, 2.75) is 102 Å². The van der Waals surface area contributed by atoms with Gasteiger partial charge in [-0.25, -0.2) is 0 Å². The SMILES string of the molecule is CN(C)CCC1COC/C=C/C/C=C/COC(=O)CC/C=C/C/C=C/CCCOCC(CCN(C)C)OCCC/C=C/C/C=C/CCC(=O)OC/C=C/C/C=C/CO1. The van der Waals surface area contributed by atoms with Crippen molar-refractivity contribution in [2.24, 2.45) is 0 Å². The molecule has 0 aromatic heterocycles. The number of ether oxygens (including phenoxy) is 6. The van der Waals surface area contributed by atoms with Crippen LogP contribution in [0.2, 0.25) is 0 Å². The maximum atomic E-state index is 12.1. The summed E-state index contributed by atoms with van der Waals surface area (Å²) in [6.45, 7) is 6.02. The molecule has 10 nitrogen and oxygen atoms in total. The molecule has 0 radical (unpaired) electrons. The Morgan fingerprint density at radius 3 is 1.40 bits per heavy atom. The van der Waals surface area contributed by atoms with Gasteiger partial charge in [0.05, 0.1) is 38.6 Å². The lowest BCUT2D eigenvalue weighted by atomic mass is 10.2. The van der Waals surface area contributed by atoms with Crippen LogP contribution in [0.25, 0.3) is 0 Å². The fraction of sp³-hybridized carbons (Fsp3) is 0.625. The summed E-state index contributed by atoms with van der Waals surface area (Å²) < 4.78 is 34.8. The zero-order valence-corrected chi connectivity index (χ0v) is 36.5. The molecule has 10 heteroatoms. The Kier molecular flexibility index (Phi) is 36.7. The average molecular weight is 811 g/mol. The van der Waals surface area contributed by atoms with Gasteiger partial charge in [0.25, 0.3) is 0 Å². The summed E-state index contributed by atoms with van der Waals surface area (Å²) in [5.41, 5.74) is 0. The number of carbonyl (C=O) groups excluding carboxylic acids is 2.